The lowest BCUT2D eigenvalue weighted by Gasteiger charge is -2.31. The summed E-state index contributed by atoms with van der Waals surface area (Å²) in [4.78, 5) is 12.8. The molecule has 2 aromatic heterocycles. The van der Waals surface area contributed by atoms with Crippen LogP contribution in [0.1, 0.15) is 35.6 Å². The third-order valence-electron chi connectivity index (χ3n) is 5.45. The Labute approximate surface area is 186 Å². The number of aromatic nitrogens is 1. The average molecular weight is 456 g/mol. The molecule has 168 valence electrons. The molecule has 3 aromatic rings. The monoisotopic (exact) mass is 455 g/mol. The van der Waals surface area contributed by atoms with E-state index in [1.165, 1.54) is 16.6 Å². The molecule has 0 aliphatic carbocycles. The lowest BCUT2D eigenvalue weighted by Crippen LogP contribution is -2.43. The summed E-state index contributed by atoms with van der Waals surface area (Å²) in [5.41, 5.74) is 2.06. The van der Waals surface area contributed by atoms with E-state index in [2.05, 4.69) is 10.5 Å². The van der Waals surface area contributed by atoms with Crippen molar-refractivity contribution in [1.82, 2.24) is 9.46 Å². The van der Waals surface area contributed by atoms with Crippen molar-refractivity contribution in [3.63, 3.8) is 0 Å². The summed E-state index contributed by atoms with van der Waals surface area (Å²) in [5, 5.41) is 6.74. The van der Waals surface area contributed by atoms with E-state index in [4.69, 9.17) is 8.94 Å². The van der Waals surface area contributed by atoms with Crippen LogP contribution in [-0.4, -0.2) is 36.9 Å². The topological polar surface area (TPSA) is 106 Å². The van der Waals surface area contributed by atoms with Crippen LogP contribution in [0.5, 0.6) is 0 Å². The number of carbonyl (C=O) groups is 1. The molecule has 32 heavy (non-hydrogen) atoms. The normalized spacial score (nSPS) is 17.6. The minimum Gasteiger partial charge on any atom is -0.465 e. The number of sulfonamides is 1. The number of piperidine rings is 1. The van der Waals surface area contributed by atoms with Gasteiger partial charge < -0.3 is 14.3 Å². The molecule has 0 radical (unpaired) electrons. The molecule has 3 heterocycles. The van der Waals surface area contributed by atoms with Gasteiger partial charge in [-0.25, -0.2) is 8.42 Å². The summed E-state index contributed by atoms with van der Waals surface area (Å²) >= 11 is 0. The van der Waals surface area contributed by atoms with Crippen molar-refractivity contribution in [3.8, 4) is 0 Å². The van der Waals surface area contributed by atoms with Crippen LogP contribution < -0.4 is 5.32 Å². The van der Waals surface area contributed by atoms with Gasteiger partial charge in [0.25, 0.3) is 0 Å². The zero-order chi connectivity index (χ0) is 22.7. The minimum atomic E-state index is -3.90. The third-order valence-corrected chi connectivity index (χ3v) is 7.47. The highest BCUT2D eigenvalue weighted by molar-refractivity contribution is 7.89. The van der Waals surface area contributed by atoms with E-state index >= 15 is 0 Å². The van der Waals surface area contributed by atoms with Crippen LogP contribution in [0.25, 0.3) is 12.2 Å². The number of hydrogen-bond acceptors (Lipinski definition) is 6. The molecule has 1 saturated heterocycles. The number of hydrogen-bond donors (Lipinski definition) is 1. The van der Waals surface area contributed by atoms with Gasteiger partial charge in [0.05, 0.1) is 12.2 Å². The Morgan fingerprint density at radius 3 is 2.69 bits per heavy atom. The molecular formula is C23H25N3O5S. The van der Waals surface area contributed by atoms with Crippen molar-refractivity contribution in [3.05, 3.63) is 65.4 Å². The molecule has 1 amide bonds. The fourth-order valence-electron chi connectivity index (χ4n) is 3.73. The Morgan fingerprint density at radius 1 is 1.19 bits per heavy atom. The summed E-state index contributed by atoms with van der Waals surface area (Å²) in [6.45, 7) is 4.00. The van der Waals surface area contributed by atoms with E-state index in [1.54, 1.807) is 25.1 Å². The fourth-order valence-corrected chi connectivity index (χ4v) is 5.50. The quantitative estimate of drug-likeness (QED) is 0.600. The van der Waals surface area contributed by atoms with Gasteiger partial charge in [-0.05, 0) is 63.1 Å². The Kier molecular flexibility index (Phi) is 6.29. The van der Waals surface area contributed by atoms with Gasteiger partial charge in [-0.1, -0.05) is 22.9 Å². The molecule has 1 unspecified atom stereocenters. The van der Waals surface area contributed by atoms with Crippen molar-refractivity contribution in [1.29, 1.82) is 0 Å². The maximum absolute atomic E-state index is 13.5. The van der Waals surface area contributed by atoms with Crippen molar-refractivity contribution in [2.45, 2.75) is 31.6 Å². The molecule has 1 aliphatic heterocycles. The van der Waals surface area contributed by atoms with Gasteiger partial charge in [-0.15, -0.1) is 0 Å². The summed E-state index contributed by atoms with van der Waals surface area (Å²) in [6, 6.07) is 11.0. The molecular weight excluding hydrogens is 430 g/mol. The first-order chi connectivity index (χ1) is 15.3. The maximum atomic E-state index is 13.5. The largest absolute Gasteiger partial charge is 0.465 e. The van der Waals surface area contributed by atoms with E-state index < -0.39 is 15.9 Å². The fraction of sp³-hybridized carbons (Fsp3) is 0.304. The first kappa shape index (κ1) is 22.0. The Bertz CT molecular complexity index is 1210. The molecule has 1 N–H and O–H groups in total. The second-order valence-electron chi connectivity index (χ2n) is 7.87. The molecule has 0 saturated carbocycles. The molecule has 1 aliphatic rings. The van der Waals surface area contributed by atoms with Crippen LogP contribution in [0.2, 0.25) is 0 Å². The zero-order valence-corrected chi connectivity index (χ0v) is 18.8. The summed E-state index contributed by atoms with van der Waals surface area (Å²) in [5.74, 6) is 0.0641. The number of anilines is 1. The first-order valence-corrected chi connectivity index (χ1v) is 11.8. The number of rotatable bonds is 6. The molecule has 8 nitrogen and oxygen atoms in total. The molecule has 1 fully saturated rings. The Morgan fingerprint density at radius 2 is 1.97 bits per heavy atom. The van der Waals surface area contributed by atoms with Gasteiger partial charge >= 0.3 is 0 Å². The van der Waals surface area contributed by atoms with Crippen molar-refractivity contribution in [2.24, 2.45) is 5.92 Å². The number of nitrogens with zero attached hydrogens (tertiary/aromatic N) is 2. The Hall–Kier alpha value is -3.17. The summed E-state index contributed by atoms with van der Waals surface area (Å²) in [6.07, 6.45) is 5.88. The molecule has 0 bridgehead atoms. The molecule has 1 atom stereocenters. The van der Waals surface area contributed by atoms with Crippen LogP contribution in [0, 0.1) is 19.8 Å². The Balaban J connectivity index is 1.52. The van der Waals surface area contributed by atoms with Crippen LogP contribution in [-0.2, 0) is 14.8 Å². The summed E-state index contributed by atoms with van der Waals surface area (Å²) < 4.78 is 38.8. The SMILES string of the molecule is Cc1ccc(NC(=O)C2CCCN(S(=O)(=O)c3c(C)noc3C=Cc3ccco3)C2)cc1. The van der Waals surface area contributed by atoms with Crippen LogP contribution in [0.15, 0.2) is 56.5 Å². The number of nitrogens with one attached hydrogen (secondary N) is 1. The second-order valence-corrected chi connectivity index (χ2v) is 9.74. The minimum absolute atomic E-state index is 0.0138. The van der Waals surface area contributed by atoms with E-state index in [0.29, 0.717) is 30.8 Å². The highest BCUT2D eigenvalue weighted by atomic mass is 32.2. The molecule has 4 rings (SSSR count). The average Bonchev–Trinajstić information content (AvgIpc) is 3.43. The van der Waals surface area contributed by atoms with E-state index in [9.17, 15) is 13.2 Å². The van der Waals surface area contributed by atoms with Gasteiger partial charge in [0.1, 0.15) is 11.5 Å². The van der Waals surface area contributed by atoms with Crippen LogP contribution >= 0.6 is 0 Å². The van der Waals surface area contributed by atoms with E-state index in [1.807, 2.05) is 31.2 Å². The number of amides is 1. The number of aryl methyl sites for hydroxylation is 2. The van der Waals surface area contributed by atoms with E-state index in [-0.39, 0.29) is 28.8 Å². The lowest BCUT2D eigenvalue weighted by atomic mass is 9.98. The van der Waals surface area contributed by atoms with Gasteiger partial charge in [0.15, 0.2) is 10.7 Å². The molecule has 0 spiro atoms. The predicted molar refractivity (Wildman–Crippen MR) is 120 cm³/mol. The van der Waals surface area contributed by atoms with Gasteiger partial charge in [0.2, 0.25) is 15.9 Å². The third kappa shape index (κ3) is 4.68. The lowest BCUT2D eigenvalue weighted by molar-refractivity contribution is -0.120. The van der Waals surface area contributed by atoms with E-state index in [0.717, 1.165) is 5.56 Å². The van der Waals surface area contributed by atoms with Gasteiger partial charge in [-0.3, -0.25) is 4.79 Å². The number of carbonyl (C=O) groups excluding carboxylic acids is 1. The zero-order valence-electron chi connectivity index (χ0n) is 17.9. The smallest absolute Gasteiger partial charge is 0.248 e. The summed E-state index contributed by atoms with van der Waals surface area (Å²) in [7, 11) is -3.90. The van der Waals surface area contributed by atoms with Crippen LogP contribution in [0.3, 0.4) is 0 Å². The van der Waals surface area contributed by atoms with Crippen molar-refractivity contribution in [2.75, 3.05) is 18.4 Å². The first-order valence-electron chi connectivity index (χ1n) is 10.4. The second kappa shape index (κ2) is 9.13. The predicted octanol–water partition coefficient (Wildman–Crippen LogP) is 4.09. The van der Waals surface area contributed by atoms with Gasteiger partial charge in [0, 0.05) is 18.8 Å². The highest BCUT2D eigenvalue weighted by Gasteiger charge is 2.37. The number of furan rings is 1. The maximum Gasteiger partial charge on any atom is 0.248 e. The van der Waals surface area contributed by atoms with Crippen molar-refractivity contribution < 1.29 is 22.2 Å². The van der Waals surface area contributed by atoms with Crippen LogP contribution in [0.4, 0.5) is 5.69 Å². The van der Waals surface area contributed by atoms with Crippen molar-refractivity contribution >= 4 is 33.8 Å². The molecule has 9 heteroatoms. The highest BCUT2D eigenvalue weighted by Crippen LogP contribution is 2.29. The van der Waals surface area contributed by atoms with Gasteiger partial charge in [-0.2, -0.15) is 4.31 Å². The number of benzene rings is 1. The molecule has 1 aromatic carbocycles. The standard InChI is InChI=1S/C23H25N3O5S/c1-16-7-9-19(10-8-16)24-23(27)18-5-3-13-26(15-18)32(28,29)22-17(2)25-31-21(22)12-11-20-6-4-14-30-20/h4,6-12,14,18H,3,5,13,15H2,1-2H3,(H,24,27).